The molecule has 0 radical (unpaired) electrons. The average molecular weight is 482 g/mol. The van der Waals surface area contributed by atoms with Gasteiger partial charge in [0.05, 0.1) is 0 Å². The minimum absolute atomic E-state index is 0. The Kier molecular flexibility index (Phi) is 17.5. The van der Waals surface area contributed by atoms with Crippen LogP contribution in [0.1, 0.15) is 44.6 Å². The van der Waals surface area contributed by atoms with Crippen molar-refractivity contribution in [3.05, 3.63) is 34.9 Å². The first kappa shape index (κ1) is 29.3. The monoisotopic (exact) mass is 480 g/mol. The van der Waals surface area contributed by atoms with E-state index < -0.39 is 0 Å². The minimum Gasteiger partial charge on any atom is -0.338 e. The van der Waals surface area contributed by atoms with Gasteiger partial charge in [0.15, 0.2) is 0 Å². The van der Waals surface area contributed by atoms with Crippen LogP contribution >= 0.6 is 36.4 Å². The molecule has 0 atom stereocenters. The van der Waals surface area contributed by atoms with Gasteiger partial charge in [-0.05, 0) is 43.5 Å². The van der Waals surface area contributed by atoms with Crippen molar-refractivity contribution >= 4 is 42.4 Å². The molecular weight excluding hydrogens is 443 g/mol. The fourth-order valence-electron chi connectivity index (χ4n) is 3.50. The number of amides is 2. The van der Waals surface area contributed by atoms with Crippen molar-refractivity contribution in [1.82, 2.24) is 20.4 Å². The van der Waals surface area contributed by atoms with E-state index in [4.69, 9.17) is 11.6 Å². The second kappa shape index (κ2) is 17.9. The fourth-order valence-corrected chi connectivity index (χ4v) is 3.62. The Morgan fingerprint density at radius 2 is 1.43 bits per heavy atom. The van der Waals surface area contributed by atoms with Gasteiger partial charge in [-0.1, -0.05) is 49.9 Å². The lowest BCUT2D eigenvalue weighted by Crippen LogP contribution is -2.47. The number of unbranched alkanes of at least 4 members (excludes halogenated alkanes) is 3. The van der Waals surface area contributed by atoms with Crippen molar-refractivity contribution in [2.75, 3.05) is 52.4 Å². The van der Waals surface area contributed by atoms with E-state index in [0.717, 1.165) is 76.6 Å². The van der Waals surface area contributed by atoms with E-state index in [-0.39, 0.29) is 30.8 Å². The standard InChI is InChI=1S/C22H37ClN4O.2ClH/c1-2-3-4-5-12-24-22(28)25-13-6-14-26-16-18-27(19-17-26)15-11-20-7-9-21(23)10-8-20;;/h7-10H,2-6,11-19H2,1H3,(H2,24,25,28);2*1H. The molecule has 0 spiro atoms. The largest absolute Gasteiger partial charge is 0.338 e. The number of carbonyl (C=O) groups is 1. The Labute approximate surface area is 200 Å². The molecule has 5 nitrogen and oxygen atoms in total. The van der Waals surface area contributed by atoms with Crippen molar-refractivity contribution in [1.29, 1.82) is 0 Å². The molecule has 0 aliphatic carbocycles. The Hall–Kier alpha value is -0.720. The third-order valence-electron chi connectivity index (χ3n) is 5.35. The Bertz CT molecular complexity index is 552. The highest BCUT2D eigenvalue weighted by Gasteiger charge is 2.16. The number of nitrogens with one attached hydrogen (secondary N) is 2. The molecule has 1 saturated heterocycles. The maximum Gasteiger partial charge on any atom is 0.314 e. The van der Waals surface area contributed by atoms with E-state index >= 15 is 0 Å². The van der Waals surface area contributed by atoms with Crippen LogP contribution in [0.4, 0.5) is 4.79 Å². The van der Waals surface area contributed by atoms with E-state index in [2.05, 4.69) is 39.5 Å². The Morgan fingerprint density at radius 3 is 2.03 bits per heavy atom. The van der Waals surface area contributed by atoms with Gasteiger partial charge in [0.2, 0.25) is 0 Å². The Morgan fingerprint density at radius 1 is 0.867 bits per heavy atom. The predicted molar refractivity (Wildman–Crippen MR) is 133 cm³/mol. The second-order valence-corrected chi connectivity index (χ2v) is 8.09. The third kappa shape index (κ3) is 12.9. The van der Waals surface area contributed by atoms with Crippen molar-refractivity contribution in [2.24, 2.45) is 0 Å². The third-order valence-corrected chi connectivity index (χ3v) is 5.60. The quantitative estimate of drug-likeness (QED) is 0.428. The molecule has 2 amide bonds. The summed E-state index contributed by atoms with van der Waals surface area (Å²) in [5, 5.41) is 6.71. The van der Waals surface area contributed by atoms with Gasteiger partial charge < -0.3 is 20.4 Å². The number of piperazine rings is 1. The molecule has 174 valence electrons. The number of nitrogens with zero attached hydrogens (tertiary/aromatic N) is 2. The minimum atomic E-state index is -0.0245. The van der Waals surface area contributed by atoms with Crippen molar-refractivity contribution in [3.63, 3.8) is 0 Å². The molecule has 0 saturated carbocycles. The molecule has 2 N–H and O–H groups in total. The first-order valence-electron chi connectivity index (χ1n) is 10.9. The lowest BCUT2D eigenvalue weighted by molar-refractivity contribution is 0.132. The summed E-state index contributed by atoms with van der Waals surface area (Å²) in [6, 6.07) is 8.15. The summed E-state index contributed by atoms with van der Waals surface area (Å²) < 4.78 is 0. The zero-order valence-corrected chi connectivity index (χ0v) is 20.6. The summed E-state index contributed by atoms with van der Waals surface area (Å²) in [7, 11) is 0. The van der Waals surface area contributed by atoms with Crippen molar-refractivity contribution < 1.29 is 4.79 Å². The summed E-state index contributed by atoms with van der Waals surface area (Å²) in [5.41, 5.74) is 1.35. The molecule has 1 aromatic rings. The predicted octanol–water partition coefficient (Wildman–Crippen LogP) is 4.61. The molecule has 1 aliphatic heterocycles. The smallest absolute Gasteiger partial charge is 0.314 e. The molecule has 1 heterocycles. The fraction of sp³-hybridized carbons (Fsp3) is 0.682. The number of rotatable bonds is 12. The summed E-state index contributed by atoms with van der Waals surface area (Å²) in [6.07, 6.45) is 6.83. The van der Waals surface area contributed by atoms with E-state index in [0.29, 0.717) is 0 Å². The van der Waals surface area contributed by atoms with Crippen molar-refractivity contribution in [2.45, 2.75) is 45.4 Å². The van der Waals surface area contributed by atoms with Crippen LogP contribution in [0, 0.1) is 0 Å². The second-order valence-electron chi connectivity index (χ2n) is 7.66. The summed E-state index contributed by atoms with van der Waals surface area (Å²) in [6.45, 7) is 10.4. The van der Waals surface area contributed by atoms with Crippen LogP contribution in [-0.4, -0.2) is 68.2 Å². The molecule has 30 heavy (non-hydrogen) atoms. The van der Waals surface area contributed by atoms with Gasteiger partial charge in [0.1, 0.15) is 0 Å². The first-order valence-corrected chi connectivity index (χ1v) is 11.3. The molecule has 2 rings (SSSR count). The molecule has 1 fully saturated rings. The number of halogens is 3. The van der Waals surface area contributed by atoms with Gasteiger partial charge in [-0.15, -0.1) is 24.8 Å². The number of urea groups is 1. The van der Waals surface area contributed by atoms with Crippen LogP contribution in [0.15, 0.2) is 24.3 Å². The highest BCUT2D eigenvalue weighted by Crippen LogP contribution is 2.11. The van der Waals surface area contributed by atoms with E-state index in [9.17, 15) is 4.79 Å². The zero-order chi connectivity index (χ0) is 20.0. The molecule has 1 aliphatic rings. The lowest BCUT2D eigenvalue weighted by Gasteiger charge is -2.34. The molecule has 0 unspecified atom stereocenters. The zero-order valence-electron chi connectivity index (χ0n) is 18.2. The van der Waals surface area contributed by atoms with Crippen LogP contribution in [0.3, 0.4) is 0 Å². The van der Waals surface area contributed by atoms with Gasteiger partial charge in [0.25, 0.3) is 0 Å². The van der Waals surface area contributed by atoms with Gasteiger partial charge in [-0.25, -0.2) is 4.79 Å². The average Bonchev–Trinajstić information content (AvgIpc) is 2.71. The van der Waals surface area contributed by atoms with Crippen LogP contribution in [-0.2, 0) is 6.42 Å². The number of benzene rings is 1. The molecule has 0 aromatic heterocycles. The normalized spacial score (nSPS) is 14.5. The number of hydrogen-bond donors (Lipinski definition) is 2. The van der Waals surface area contributed by atoms with Gasteiger partial charge in [0, 0.05) is 50.8 Å². The first-order chi connectivity index (χ1) is 13.7. The SMILES string of the molecule is CCCCCCNC(=O)NCCCN1CCN(CCc2ccc(Cl)cc2)CC1.Cl.Cl. The summed E-state index contributed by atoms with van der Waals surface area (Å²) >= 11 is 5.94. The number of carbonyl (C=O) groups excluding carboxylic acids is 1. The lowest BCUT2D eigenvalue weighted by atomic mass is 10.1. The molecular formula is C22H39Cl3N4O. The van der Waals surface area contributed by atoms with Crippen LogP contribution in [0.2, 0.25) is 5.02 Å². The van der Waals surface area contributed by atoms with Gasteiger partial charge in [-0.2, -0.15) is 0 Å². The molecule has 0 bridgehead atoms. The van der Waals surface area contributed by atoms with Crippen molar-refractivity contribution in [3.8, 4) is 0 Å². The van der Waals surface area contributed by atoms with Crippen LogP contribution in [0.5, 0.6) is 0 Å². The maximum atomic E-state index is 11.7. The van der Waals surface area contributed by atoms with E-state index in [1.165, 1.54) is 24.8 Å². The highest BCUT2D eigenvalue weighted by molar-refractivity contribution is 6.30. The summed E-state index contributed by atoms with van der Waals surface area (Å²) in [4.78, 5) is 16.8. The molecule has 8 heteroatoms. The summed E-state index contributed by atoms with van der Waals surface area (Å²) in [5.74, 6) is 0. The van der Waals surface area contributed by atoms with Crippen LogP contribution < -0.4 is 10.6 Å². The van der Waals surface area contributed by atoms with E-state index in [1.54, 1.807) is 0 Å². The topological polar surface area (TPSA) is 47.6 Å². The highest BCUT2D eigenvalue weighted by atomic mass is 35.5. The van der Waals surface area contributed by atoms with E-state index in [1.807, 2.05) is 12.1 Å². The maximum absolute atomic E-state index is 11.7. The number of hydrogen-bond acceptors (Lipinski definition) is 3. The van der Waals surface area contributed by atoms with Gasteiger partial charge >= 0.3 is 6.03 Å². The van der Waals surface area contributed by atoms with Crippen LogP contribution in [0.25, 0.3) is 0 Å². The van der Waals surface area contributed by atoms with Gasteiger partial charge in [-0.3, -0.25) is 0 Å². The molecule has 1 aromatic carbocycles. The Balaban J connectivity index is 0.00000420.